The summed E-state index contributed by atoms with van der Waals surface area (Å²) < 4.78 is 0. The van der Waals surface area contributed by atoms with Crippen molar-refractivity contribution in [2.45, 2.75) is 6.92 Å². The average molecular weight is 287 g/mol. The Morgan fingerprint density at radius 2 is 2.00 bits per heavy atom. The van der Waals surface area contributed by atoms with Gasteiger partial charge < -0.3 is 10.4 Å². The predicted molar refractivity (Wildman–Crippen MR) is 80.1 cm³/mol. The highest BCUT2D eigenvalue weighted by molar-refractivity contribution is 7.11. The maximum Gasteiger partial charge on any atom is 0.337 e. The molecule has 0 aliphatic rings. The number of carbonyl (C=O) groups is 2. The van der Waals surface area contributed by atoms with Crippen molar-refractivity contribution in [1.82, 2.24) is 0 Å². The van der Waals surface area contributed by atoms with Crippen LogP contribution in [0, 0.1) is 6.92 Å². The molecule has 0 radical (unpaired) electrons. The van der Waals surface area contributed by atoms with Crippen LogP contribution in [0.4, 0.5) is 5.69 Å². The molecule has 0 aliphatic heterocycles. The van der Waals surface area contributed by atoms with E-state index < -0.39 is 5.97 Å². The highest BCUT2D eigenvalue weighted by Gasteiger charge is 2.10. The lowest BCUT2D eigenvalue weighted by atomic mass is 10.2. The van der Waals surface area contributed by atoms with Crippen LogP contribution in [-0.2, 0) is 4.79 Å². The minimum atomic E-state index is -1.07. The first-order valence-electron chi connectivity index (χ1n) is 5.93. The van der Waals surface area contributed by atoms with Crippen molar-refractivity contribution in [2.75, 3.05) is 5.32 Å². The molecule has 1 aromatic carbocycles. The third-order valence-corrected chi connectivity index (χ3v) is 3.69. The Bertz CT molecular complexity index is 673. The fraction of sp³-hybridized carbons (Fsp3) is 0.0667. The molecule has 5 heteroatoms. The van der Waals surface area contributed by atoms with Crippen molar-refractivity contribution < 1.29 is 14.7 Å². The van der Waals surface area contributed by atoms with E-state index in [0.717, 1.165) is 10.4 Å². The second kappa shape index (κ2) is 6.16. The van der Waals surface area contributed by atoms with E-state index in [2.05, 4.69) is 5.32 Å². The van der Waals surface area contributed by atoms with Gasteiger partial charge in [-0.2, -0.15) is 0 Å². The van der Waals surface area contributed by atoms with Crippen LogP contribution in [-0.4, -0.2) is 17.0 Å². The van der Waals surface area contributed by atoms with Gasteiger partial charge in [0.25, 0.3) is 0 Å². The first-order chi connectivity index (χ1) is 9.58. The zero-order chi connectivity index (χ0) is 14.5. The smallest absolute Gasteiger partial charge is 0.337 e. The molecule has 0 bridgehead atoms. The van der Waals surface area contributed by atoms with Crippen LogP contribution in [0.15, 0.2) is 41.8 Å². The van der Waals surface area contributed by atoms with Crippen molar-refractivity contribution >= 4 is 35.0 Å². The van der Waals surface area contributed by atoms with Crippen LogP contribution in [0.1, 0.15) is 20.8 Å². The first-order valence-corrected chi connectivity index (χ1v) is 6.81. The standard InChI is InChI=1S/C15H13NO3S/c1-10-8-9-20-13(10)6-7-14(17)16-12-5-3-2-4-11(12)15(18)19/h2-9H,1H3,(H,16,17)(H,18,19)/b7-6+. The summed E-state index contributed by atoms with van der Waals surface area (Å²) >= 11 is 1.54. The number of carboxylic acids is 1. The van der Waals surface area contributed by atoms with E-state index in [1.165, 1.54) is 12.1 Å². The molecule has 0 fully saturated rings. The van der Waals surface area contributed by atoms with Gasteiger partial charge >= 0.3 is 5.97 Å². The number of anilines is 1. The van der Waals surface area contributed by atoms with Crippen molar-refractivity contribution in [2.24, 2.45) is 0 Å². The Hall–Kier alpha value is -2.40. The van der Waals surface area contributed by atoms with Gasteiger partial charge in [-0.25, -0.2) is 4.79 Å². The first kappa shape index (κ1) is 14.0. The van der Waals surface area contributed by atoms with Gasteiger partial charge in [-0.1, -0.05) is 12.1 Å². The highest BCUT2D eigenvalue weighted by Crippen LogP contribution is 2.18. The predicted octanol–water partition coefficient (Wildman–Crippen LogP) is 3.41. The van der Waals surface area contributed by atoms with Gasteiger partial charge in [-0.05, 0) is 42.1 Å². The molecule has 0 saturated heterocycles. The van der Waals surface area contributed by atoms with Crippen molar-refractivity contribution in [1.29, 1.82) is 0 Å². The van der Waals surface area contributed by atoms with Crippen LogP contribution >= 0.6 is 11.3 Å². The van der Waals surface area contributed by atoms with Crippen LogP contribution in [0.5, 0.6) is 0 Å². The van der Waals surface area contributed by atoms with Gasteiger partial charge in [0, 0.05) is 11.0 Å². The molecule has 2 rings (SSSR count). The second-order valence-electron chi connectivity index (χ2n) is 4.14. The van der Waals surface area contributed by atoms with Gasteiger partial charge in [0.05, 0.1) is 11.3 Å². The summed E-state index contributed by atoms with van der Waals surface area (Å²) in [7, 11) is 0. The van der Waals surface area contributed by atoms with E-state index >= 15 is 0 Å². The molecule has 1 aromatic heterocycles. The number of hydrogen-bond acceptors (Lipinski definition) is 3. The molecule has 1 amide bonds. The zero-order valence-corrected chi connectivity index (χ0v) is 11.6. The third kappa shape index (κ3) is 3.33. The van der Waals surface area contributed by atoms with Crippen molar-refractivity contribution in [3.05, 3.63) is 57.8 Å². The molecule has 0 aliphatic carbocycles. The number of hydrogen-bond donors (Lipinski definition) is 2. The maximum atomic E-state index is 11.8. The van der Waals surface area contributed by atoms with Crippen LogP contribution < -0.4 is 5.32 Å². The molecular formula is C15H13NO3S. The molecule has 0 spiro atoms. The average Bonchev–Trinajstić information content (AvgIpc) is 2.82. The lowest BCUT2D eigenvalue weighted by Gasteiger charge is -2.05. The fourth-order valence-corrected chi connectivity index (χ4v) is 2.48. The number of amides is 1. The van der Waals surface area contributed by atoms with Gasteiger partial charge in [0.2, 0.25) is 5.91 Å². The third-order valence-electron chi connectivity index (χ3n) is 2.70. The Kier molecular flexibility index (Phi) is 4.32. The van der Waals surface area contributed by atoms with Gasteiger partial charge in [-0.15, -0.1) is 11.3 Å². The number of benzene rings is 1. The molecule has 102 valence electrons. The summed E-state index contributed by atoms with van der Waals surface area (Å²) in [5.74, 6) is -1.43. The van der Waals surface area contributed by atoms with E-state index in [1.807, 2.05) is 18.4 Å². The molecule has 4 nitrogen and oxygen atoms in total. The minimum absolute atomic E-state index is 0.0709. The van der Waals surface area contributed by atoms with E-state index in [4.69, 9.17) is 5.11 Å². The largest absolute Gasteiger partial charge is 0.478 e. The van der Waals surface area contributed by atoms with E-state index in [9.17, 15) is 9.59 Å². The zero-order valence-electron chi connectivity index (χ0n) is 10.8. The fourth-order valence-electron chi connectivity index (χ4n) is 1.66. The van der Waals surface area contributed by atoms with E-state index in [1.54, 1.807) is 35.6 Å². The summed E-state index contributed by atoms with van der Waals surface area (Å²) in [6.45, 7) is 1.97. The lowest BCUT2D eigenvalue weighted by molar-refractivity contribution is -0.111. The Labute approximate surface area is 120 Å². The van der Waals surface area contributed by atoms with Crippen LogP contribution in [0.2, 0.25) is 0 Å². The highest BCUT2D eigenvalue weighted by atomic mass is 32.1. The Morgan fingerprint density at radius 3 is 2.65 bits per heavy atom. The van der Waals surface area contributed by atoms with Crippen LogP contribution in [0.25, 0.3) is 6.08 Å². The van der Waals surface area contributed by atoms with E-state index in [-0.39, 0.29) is 17.2 Å². The molecule has 0 saturated carbocycles. The number of para-hydroxylation sites is 1. The summed E-state index contributed by atoms with van der Waals surface area (Å²) in [5.41, 5.74) is 1.46. The summed E-state index contributed by atoms with van der Waals surface area (Å²) in [6.07, 6.45) is 3.12. The van der Waals surface area contributed by atoms with Gasteiger partial charge in [-0.3, -0.25) is 4.79 Å². The minimum Gasteiger partial charge on any atom is -0.478 e. The second-order valence-corrected chi connectivity index (χ2v) is 5.09. The molecule has 2 aromatic rings. The summed E-state index contributed by atoms with van der Waals surface area (Å²) in [5, 5.41) is 13.6. The normalized spacial score (nSPS) is 10.7. The number of thiophene rings is 1. The van der Waals surface area contributed by atoms with Crippen molar-refractivity contribution in [3.63, 3.8) is 0 Å². The summed E-state index contributed by atoms with van der Waals surface area (Å²) in [4.78, 5) is 23.8. The Morgan fingerprint density at radius 1 is 1.25 bits per heavy atom. The summed E-state index contributed by atoms with van der Waals surface area (Å²) in [6, 6.07) is 8.28. The maximum absolute atomic E-state index is 11.8. The number of aromatic carboxylic acids is 1. The molecule has 20 heavy (non-hydrogen) atoms. The number of rotatable bonds is 4. The molecule has 1 heterocycles. The SMILES string of the molecule is Cc1ccsc1/C=C/C(=O)Nc1ccccc1C(=O)O. The molecule has 0 atom stereocenters. The monoisotopic (exact) mass is 287 g/mol. The molecular weight excluding hydrogens is 274 g/mol. The molecule has 0 unspecified atom stereocenters. The number of nitrogens with one attached hydrogen (secondary N) is 1. The van der Waals surface area contributed by atoms with Crippen molar-refractivity contribution in [3.8, 4) is 0 Å². The number of carbonyl (C=O) groups excluding carboxylic acids is 1. The van der Waals surface area contributed by atoms with E-state index in [0.29, 0.717) is 0 Å². The quantitative estimate of drug-likeness (QED) is 0.847. The number of aryl methyl sites for hydroxylation is 1. The Balaban J connectivity index is 2.11. The topological polar surface area (TPSA) is 66.4 Å². The van der Waals surface area contributed by atoms with Gasteiger partial charge in [0.15, 0.2) is 0 Å². The lowest BCUT2D eigenvalue weighted by Crippen LogP contribution is -2.11. The number of carboxylic acid groups (broad SMARTS) is 1. The van der Waals surface area contributed by atoms with Crippen LogP contribution in [0.3, 0.4) is 0 Å². The molecule has 2 N–H and O–H groups in total. The van der Waals surface area contributed by atoms with Gasteiger partial charge in [0.1, 0.15) is 0 Å².